The number of benzene rings is 1. The lowest BCUT2D eigenvalue weighted by Crippen LogP contribution is -2.57. The van der Waals surface area contributed by atoms with Gasteiger partial charge in [-0.2, -0.15) is 0 Å². The summed E-state index contributed by atoms with van der Waals surface area (Å²) in [5, 5.41) is 5.52. The maximum Gasteiger partial charge on any atom is 0.407 e. The SMILES string of the molecule is CCOC(=O)NC(C(=O)N1CCN(CC(=O)Nc2ccccc2)CC1)C(C)C. The maximum atomic E-state index is 12.8. The fourth-order valence-electron chi connectivity index (χ4n) is 3.06. The molecular formula is C20H30N4O4. The highest BCUT2D eigenvalue weighted by molar-refractivity contribution is 5.92. The number of hydrogen-bond donors (Lipinski definition) is 2. The molecular weight excluding hydrogens is 360 g/mol. The lowest BCUT2D eigenvalue weighted by Gasteiger charge is -2.36. The lowest BCUT2D eigenvalue weighted by atomic mass is 10.0. The van der Waals surface area contributed by atoms with Crippen molar-refractivity contribution in [2.75, 3.05) is 44.6 Å². The molecule has 1 fully saturated rings. The van der Waals surface area contributed by atoms with Gasteiger partial charge in [0.25, 0.3) is 0 Å². The van der Waals surface area contributed by atoms with Gasteiger partial charge in [-0.15, -0.1) is 0 Å². The fraction of sp³-hybridized carbons (Fsp3) is 0.550. The molecule has 0 radical (unpaired) electrons. The molecule has 8 nitrogen and oxygen atoms in total. The summed E-state index contributed by atoms with van der Waals surface area (Å²) in [6.07, 6.45) is -0.578. The quantitative estimate of drug-likeness (QED) is 0.737. The highest BCUT2D eigenvalue weighted by Crippen LogP contribution is 2.11. The summed E-state index contributed by atoms with van der Waals surface area (Å²) in [5.41, 5.74) is 0.770. The summed E-state index contributed by atoms with van der Waals surface area (Å²) >= 11 is 0. The van der Waals surface area contributed by atoms with Crippen molar-refractivity contribution >= 4 is 23.6 Å². The molecule has 1 aromatic rings. The Bertz CT molecular complexity index is 657. The number of para-hydroxylation sites is 1. The van der Waals surface area contributed by atoms with Crippen molar-refractivity contribution in [3.05, 3.63) is 30.3 Å². The molecule has 3 amide bonds. The third kappa shape index (κ3) is 6.53. The Labute approximate surface area is 166 Å². The van der Waals surface area contributed by atoms with Crippen LogP contribution in [0.4, 0.5) is 10.5 Å². The summed E-state index contributed by atoms with van der Waals surface area (Å²) in [5.74, 6) is -0.238. The van der Waals surface area contributed by atoms with Crippen LogP contribution < -0.4 is 10.6 Å². The van der Waals surface area contributed by atoms with Crippen molar-refractivity contribution in [2.24, 2.45) is 5.92 Å². The van der Waals surface area contributed by atoms with Crippen molar-refractivity contribution in [3.63, 3.8) is 0 Å². The molecule has 0 bridgehead atoms. The molecule has 1 saturated heterocycles. The Morgan fingerprint density at radius 2 is 1.71 bits per heavy atom. The number of ether oxygens (including phenoxy) is 1. The summed E-state index contributed by atoms with van der Waals surface area (Å²) in [4.78, 5) is 40.5. The molecule has 1 aliphatic rings. The van der Waals surface area contributed by atoms with Crippen LogP contribution in [0.1, 0.15) is 20.8 Å². The van der Waals surface area contributed by atoms with Crippen LogP contribution in [-0.2, 0) is 14.3 Å². The molecule has 2 rings (SSSR count). The molecule has 1 atom stereocenters. The topological polar surface area (TPSA) is 91.0 Å². The van der Waals surface area contributed by atoms with Gasteiger partial charge in [0.2, 0.25) is 11.8 Å². The Kier molecular flexibility index (Phi) is 8.25. The van der Waals surface area contributed by atoms with Crippen molar-refractivity contribution in [2.45, 2.75) is 26.8 Å². The molecule has 0 spiro atoms. The van der Waals surface area contributed by atoms with Crippen LogP contribution in [0.25, 0.3) is 0 Å². The highest BCUT2D eigenvalue weighted by Gasteiger charge is 2.31. The lowest BCUT2D eigenvalue weighted by molar-refractivity contribution is -0.136. The number of rotatable bonds is 7. The molecule has 1 unspecified atom stereocenters. The van der Waals surface area contributed by atoms with Gasteiger partial charge in [0, 0.05) is 31.9 Å². The second-order valence-electron chi connectivity index (χ2n) is 7.10. The van der Waals surface area contributed by atoms with E-state index in [1.54, 1.807) is 11.8 Å². The average molecular weight is 390 g/mol. The molecule has 1 aliphatic heterocycles. The number of alkyl carbamates (subject to hydrolysis) is 1. The minimum Gasteiger partial charge on any atom is -0.450 e. The predicted octanol–water partition coefficient (Wildman–Crippen LogP) is 1.54. The molecule has 0 aliphatic carbocycles. The first-order chi connectivity index (χ1) is 13.4. The average Bonchev–Trinajstić information content (AvgIpc) is 2.67. The van der Waals surface area contributed by atoms with E-state index in [4.69, 9.17) is 4.74 Å². The minimum absolute atomic E-state index is 0.0495. The normalized spacial score (nSPS) is 15.8. The van der Waals surface area contributed by atoms with Crippen LogP contribution in [-0.4, -0.2) is 73.1 Å². The van der Waals surface area contributed by atoms with Crippen LogP contribution in [0, 0.1) is 5.92 Å². The standard InChI is InChI=1S/C20H30N4O4/c1-4-28-20(27)22-18(15(2)3)19(26)24-12-10-23(11-13-24)14-17(25)21-16-8-6-5-7-9-16/h5-9,15,18H,4,10-14H2,1-3H3,(H,21,25)(H,22,27). The Morgan fingerprint density at radius 1 is 1.07 bits per heavy atom. The Hall–Kier alpha value is -2.61. The van der Waals surface area contributed by atoms with Crippen molar-refractivity contribution in [1.82, 2.24) is 15.1 Å². The Morgan fingerprint density at radius 3 is 2.29 bits per heavy atom. The summed E-state index contributed by atoms with van der Waals surface area (Å²) in [7, 11) is 0. The van der Waals surface area contributed by atoms with Gasteiger partial charge >= 0.3 is 6.09 Å². The third-order valence-electron chi connectivity index (χ3n) is 4.59. The molecule has 0 aromatic heterocycles. The number of nitrogens with zero attached hydrogens (tertiary/aromatic N) is 2. The number of amides is 3. The van der Waals surface area contributed by atoms with E-state index in [0.717, 1.165) is 5.69 Å². The van der Waals surface area contributed by atoms with E-state index in [-0.39, 0.29) is 30.9 Å². The van der Waals surface area contributed by atoms with E-state index in [1.807, 2.05) is 49.1 Å². The monoisotopic (exact) mass is 390 g/mol. The van der Waals surface area contributed by atoms with Gasteiger partial charge in [-0.05, 0) is 25.0 Å². The summed E-state index contributed by atoms with van der Waals surface area (Å²) in [6, 6.07) is 8.71. The summed E-state index contributed by atoms with van der Waals surface area (Å²) < 4.78 is 4.90. The van der Waals surface area contributed by atoms with Gasteiger partial charge in [0.1, 0.15) is 6.04 Å². The fourth-order valence-corrected chi connectivity index (χ4v) is 3.06. The molecule has 0 saturated carbocycles. The van der Waals surface area contributed by atoms with Gasteiger partial charge in [-0.25, -0.2) is 4.79 Å². The van der Waals surface area contributed by atoms with Crippen LogP contribution in [0.15, 0.2) is 30.3 Å². The molecule has 1 heterocycles. The maximum absolute atomic E-state index is 12.8. The number of carbonyl (C=O) groups excluding carboxylic acids is 3. The first-order valence-corrected chi connectivity index (χ1v) is 9.70. The number of anilines is 1. The number of nitrogens with one attached hydrogen (secondary N) is 2. The molecule has 1 aromatic carbocycles. The zero-order chi connectivity index (χ0) is 20.5. The minimum atomic E-state index is -0.619. The van der Waals surface area contributed by atoms with Gasteiger partial charge in [-0.1, -0.05) is 32.0 Å². The van der Waals surface area contributed by atoms with Crippen LogP contribution in [0.2, 0.25) is 0 Å². The van der Waals surface area contributed by atoms with Crippen molar-refractivity contribution in [3.8, 4) is 0 Å². The van der Waals surface area contributed by atoms with E-state index < -0.39 is 12.1 Å². The zero-order valence-corrected chi connectivity index (χ0v) is 16.8. The van der Waals surface area contributed by atoms with Crippen LogP contribution in [0.3, 0.4) is 0 Å². The summed E-state index contributed by atoms with van der Waals surface area (Å²) in [6.45, 7) is 8.30. The first-order valence-electron chi connectivity index (χ1n) is 9.70. The van der Waals surface area contributed by atoms with E-state index in [9.17, 15) is 14.4 Å². The first kappa shape index (κ1) is 21.7. The largest absolute Gasteiger partial charge is 0.450 e. The zero-order valence-electron chi connectivity index (χ0n) is 16.8. The van der Waals surface area contributed by atoms with E-state index in [2.05, 4.69) is 10.6 Å². The van der Waals surface area contributed by atoms with Gasteiger partial charge in [-0.3, -0.25) is 14.5 Å². The Balaban J connectivity index is 1.81. The molecule has 8 heteroatoms. The third-order valence-corrected chi connectivity index (χ3v) is 4.59. The van der Waals surface area contributed by atoms with E-state index in [1.165, 1.54) is 0 Å². The van der Waals surface area contributed by atoms with E-state index in [0.29, 0.717) is 26.2 Å². The van der Waals surface area contributed by atoms with Crippen molar-refractivity contribution < 1.29 is 19.1 Å². The number of hydrogen-bond acceptors (Lipinski definition) is 5. The van der Waals surface area contributed by atoms with Gasteiger partial charge < -0.3 is 20.3 Å². The molecule has 2 N–H and O–H groups in total. The highest BCUT2D eigenvalue weighted by atomic mass is 16.5. The second kappa shape index (κ2) is 10.7. The molecule has 154 valence electrons. The number of carbonyl (C=O) groups is 3. The van der Waals surface area contributed by atoms with Crippen molar-refractivity contribution in [1.29, 1.82) is 0 Å². The second-order valence-corrected chi connectivity index (χ2v) is 7.10. The van der Waals surface area contributed by atoms with Gasteiger partial charge in [0.15, 0.2) is 0 Å². The van der Waals surface area contributed by atoms with Gasteiger partial charge in [0.05, 0.1) is 13.2 Å². The smallest absolute Gasteiger partial charge is 0.407 e. The van der Waals surface area contributed by atoms with Crippen LogP contribution in [0.5, 0.6) is 0 Å². The van der Waals surface area contributed by atoms with E-state index >= 15 is 0 Å². The predicted molar refractivity (Wildman–Crippen MR) is 107 cm³/mol. The number of piperazine rings is 1. The van der Waals surface area contributed by atoms with Crippen LogP contribution >= 0.6 is 0 Å². The molecule has 28 heavy (non-hydrogen) atoms.